The van der Waals surface area contributed by atoms with Gasteiger partial charge in [-0.2, -0.15) is 10.2 Å². The number of ether oxygens (including phenoxy) is 1. The first kappa shape index (κ1) is 11.9. The summed E-state index contributed by atoms with van der Waals surface area (Å²) < 4.78 is 5.54. The number of nitrogens with zero attached hydrogens (tertiary/aromatic N) is 3. The van der Waals surface area contributed by atoms with Crippen molar-refractivity contribution in [1.82, 2.24) is 9.97 Å². The van der Waals surface area contributed by atoms with E-state index in [9.17, 15) is 0 Å². The standard InChI is InChI=1S/C13H12N4O/c14-7-9-16-13-15-8-6-12(17-13)18-10-11-4-2-1-3-5-11/h1-6,8H,9-10H2,(H,15,16,17). The predicted molar refractivity (Wildman–Crippen MR) is 66.9 cm³/mol. The van der Waals surface area contributed by atoms with Gasteiger partial charge in [0.05, 0.1) is 6.07 Å². The highest BCUT2D eigenvalue weighted by molar-refractivity contribution is 5.28. The van der Waals surface area contributed by atoms with Crippen molar-refractivity contribution in [2.45, 2.75) is 6.61 Å². The number of aromatic nitrogens is 2. The Bertz CT molecular complexity index is 536. The highest BCUT2D eigenvalue weighted by Crippen LogP contribution is 2.10. The van der Waals surface area contributed by atoms with Crippen molar-refractivity contribution in [1.29, 1.82) is 5.26 Å². The molecule has 2 aromatic rings. The van der Waals surface area contributed by atoms with Gasteiger partial charge in [0.25, 0.3) is 0 Å². The fraction of sp³-hybridized carbons (Fsp3) is 0.154. The molecule has 2 rings (SSSR count). The van der Waals surface area contributed by atoms with E-state index >= 15 is 0 Å². The largest absolute Gasteiger partial charge is 0.473 e. The summed E-state index contributed by atoms with van der Waals surface area (Å²) in [6, 6.07) is 13.5. The normalized spacial score (nSPS) is 9.50. The Morgan fingerprint density at radius 3 is 2.83 bits per heavy atom. The van der Waals surface area contributed by atoms with Crippen LogP contribution in [-0.4, -0.2) is 16.5 Å². The molecule has 90 valence electrons. The van der Waals surface area contributed by atoms with Crippen molar-refractivity contribution < 1.29 is 4.74 Å². The van der Waals surface area contributed by atoms with Gasteiger partial charge in [0, 0.05) is 12.3 Å². The van der Waals surface area contributed by atoms with Crippen LogP contribution < -0.4 is 10.1 Å². The van der Waals surface area contributed by atoms with Gasteiger partial charge in [-0.3, -0.25) is 0 Å². The molecule has 0 aliphatic rings. The van der Waals surface area contributed by atoms with E-state index in [2.05, 4.69) is 15.3 Å². The lowest BCUT2D eigenvalue weighted by Gasteiger charge is -2.06. The second kappa shape index (κ2) is 6.21. The van der Waals surface area contributed by atoms with Gasteiger partial charge in [0.15, 0.2) is 0 Å². The summed E-state index contributed by atoms with van der Waals surface area (Å²) in [5, 5.41) is 11.2. The quantitative estimate of drug-likeness (QED) is 0.809. The lowest BCUT2D eigenvalue weighted by Crippen LogP contribution is -2.04. The molecule has 1 aromatic carbocycles. The molecule has 0 radical (unpaired) electrons. The molecule has 1 N–H and O–H groups in total. The maximum atomic E-state index is 8.45. The fourth-order valence-electron chi connectivity index (χ4n) is 1.36. The monoisotopic (exact) mass is 240 g/mol. The number of rotatable bonds is 5. The first-order valence-electron chi connectivity index (χ1n) is 5.49. The molecule has 0 atom stereocenters. The number of hydrogen-bond donors (Lipinski definition) is 1. The number of benzene rings is 1. The van der Waals surface area contributed by atoms with Crippen LogP contribution in [0.5, 0.6) is 5.88 Å². The second-order valence-corrected chi connectivity index (χ2v) is 3.50. The zero-order valence-corrected chi connectivity index (χ0v) is 9.71. The zero-order chi connectivity index (χ0) is 12.6. The fourth-order valence-corrected chi connectivity index (χ4v) is 1.36. The third-order valence-corrected chi connectivity index (χ3v) is 2.19. The Balaban J connectivity index is 1.95. The molecule has 5 heteroatoms. The minimum atomic E-state index is 0.169. The van der Waals surface area contributed by atoms with Gasteiger partial charge in [0.1, 0.15) is 13.2 Å². The van der Waals surface area contributed by atoms with Crippen LogP contribution in [0.2, 0.25) is 0 Å². The molecule has 0 fully saturated rings. The van der Waals surface area contributed by atoms with E-state index in [-0.39, 0.29) is 6.54 Å². The van der Waals surface area contributed by atoms with Crippen molar-refractivity contribution in [3.05, 3.63) is 48.2 Å². The Labute approximate surface area is 105 Å². The molecular weight excluding hydrogens is 228 g/mol. The van der Waals surface area contributed by atoms with Crippen molar-refractivity contribution in [3.63, 3.8) is 0 Å². The summed E-state index contributed by atoms with van der Waals surface area (Å²) >= 11 is 0. The summed E-state index contributed by atoms with van der Waals surface area (Å²) in [6.45, 7) is 0.623. The molecule has 1 heterocycles. The molecule has 0 unspecified atom stereocenters. The van der Waals surface area contributed by atoms with E-state index in [1.54, 1.807) is 12.3 Å². The third kappa shape index (κ3) is 3.46. The Morgan fingerprint density at radius 1 is 1.22 bits per heavy atom. The molecule has 0 amide bonds. The highest BCUT2D eigenvalue weighted by atomic mass is 16.5. The molecule has 0 aliphatic carbocycles. The van der Waals surface area contributed by atoms with Crippen LogP contribution in [0.1, 0.15) is 5.56 Å². The van der Waals surface area contributed by atoms with Crippen LogP contribution in [0.4, 0.5) is 5.95 Å². The second-order valence-electron chi connectivity index (χ2n) is 3.50. The van der Waals surface area contributed by atoms with E-state index < -0.39 is 0 Å². The van der Waals surface area contributed by atoms with Gasteiger partial charge < -0.3 is 10.1 Å². The average Bonchev–Trinajstić information content (AvgIpc) is 2.44. The minimum Gasteiger partial charge on any atom is -0.473 e. The topological polar surface area (TPSA) is 70.8 Å². The predicted octanol–water partition coefficient (Wildman–Crippen LogP) is 1.99. The van der Waals surface area contributed by atoms with Crippen molar-refractivity contribution in [2.75, 3.05) is 11.9 Å². The van der Waals surface area contributed by atoms with Crippen LogP contribution in [0.3, 0.4) is 0 Å². The van der Waals surface area contributed by atoms with Crippen molar-refractivity contribution in [3.8, 4) is 11.9 Å². The number of nitrogens with one attached hydrogen (secondary N) is 1. The van der Waals surface area contributed by atoms with Gasteiger partial charge in [-0.1, -0.05) is 30.3 Å². The number of hydrogen-bond acceptors (Lipinski definition) is 5. The first-order valence-corrected chi connectivity index (χ1v) is 5.49. The molecule has 18 heavy (non-hydrogen) atoms. The third-order valence-electron chi connectivity index (χ3n) is 2.19. The molecule has 0 bridgehead atoms. The molecular formula is C13H12N4O. The smallest absolute Gasteiger partial charge is 0.226 e. The van der Waals surface area contributed by atoms with E-state index in [4.69, 9.17) is 10.00 Å². The number of nitriles is 1. The Hall–Kier alpha value is -2.61. The van der Waals surface area contributed by atoms with Gasteiger partial charge in [0.2, 0.25) is 11.8 Å². The SMILES string of the molecule is N#CCNc1nccc(OCc2ccccc2)n1. The molecule has 0 spiro atoms. The highest BCUT2D eigenvalue weighted by Gasteiger charge is 2.00. The van der Waals surface area contributed by atoms with Crippen LogP contribution >= 0.6 is 0 Å². The summed E-state index contributed by atoms with van der Waals surface area (Å²) in [7, 11) is 0. The number of anilines is 1. The van der Waals surface area contributed by atoms with Crippen molar-refractivity contribution >= 4 is 5.95 Å². The van der Waals surface area contributed by atoms with E-state index in [1.807, 2.05) is 36.4 Å². The molecule has 5 nitrogen and oxygen atoms in total. The summed E-state index contributed by atoms with van der Waals surface area (Å²) in [6.07, 6.45) is 1.59. The molecule has 1 aromatic heterocycles. The van der Waals surface area contributed by atoms with Crippen LogP contribution in [0.15, 0.2) is 42.6 Å². The van der Waals surface area contributed by atoms with Gasteiger partial charge in [-0.25, -0.2) is 4.98 Å². The van der Waals surface area contributed by atoms with Crippen molar-refractivity contribution in [2.24, 2.45) is 0 Å². The molecule has 0 saturated carbocycles. The van der Waals surface area contributed by atoms with Crippen LogP contribution in [0, 0.1) is 11.3 Å². The molecule has 0 saturated heterocycles. The first-order chi connectivity index (χ1) is 8.88. The average molecular weight is 240 g/mol. The zero-order valence-electron chi connectivity index (χ0n) is 9.71. The van der Waals surface area contributed by atoms with Gasteiger partial charge >= 0.3 is 0 Å². The van der Waals surface area contributed by atoms with Crippen LogP contribution in [-0.2, 0) is 6.61 Å². The summed E-state index contributed by atoms with van der Waals surface area (Å²) in [4.78, 5) is 8.11. The lowest BCUT2D eigenvalue weighted by molar-refractivity contribution is 0.294. The van der Waals surface area contributed by atoms with Crippen LogP contribution in [0.25, 0.3) is 0 Å². The molecule has 0 aliphatic heterocycles. The van der Waals surface area contributed by atoms with E-state index in [0.29, 0.717) is 18.4 Å². The Morgan fingerprint density at radius 2 is 2.06 bits per heavy atom. The summed E-state index contributed by atoms with van der Waals surface area (Å²) in [5.74, 6) is 0.872. The maximum Gasteiger partial charge on any atom is 0.226 e. The maximum absolute atomic E-state index is 8.45. The van der Waals surface area contributed by atoms with Gasteiger partial charge in [-0.15, -0.1) is 0 Å². The minimum absolute atomic E-state index is 0.169. The Kier molecular flexibility index (Phi) is 4.09. The summed E-state index contributed by atoms with van der Waals surface area (Å²) in [5.41, 5.74) is 1.07. The van der Waals surface area contributed by atoms with E-state index in [1.165, 1.54) is 0 Å². The van der Waals surface area contributed by atoms with E-state index in [0.717, 1.165) is 5.56 Å². The lowest BCUT2D eigenvalue weighted by atomic mass is 10.2. The van der Waals surface area contributed by atoms with Gasteiger partial charge in [-0.05, 0) is 5.56 Å².